The van der Waals surface area contributed by atoms with Crippen LogP contribution in [0.3, 0.4) is 0 Å². The predicted molar refractivity (Wildman–Crippen MR) is 68.1 cm³/mol. The third-order valence-electron chi connectivity index (χ3n) is 2.10. The van der Waals surface area contributed by atoms with E-state index in [9.17, 15) is 13.6 Å². The van der Waals surface area contributed by atoms with E-state index >= 15 is 0 Å². The number of benzene rings is 1. The smallest absolute Gasteiger partial charge is 0.387 e. The van der Waals surface area contributed by atoms with Crippen molar-refractivity contribution in [3.63, 3.8) is 0 Å². The van der Waals surface area contributed by atoms with Crippen molar-refractivity contribution in [2.24, 2.45) is 0 Å². The van der Waals surface area contributed by atoms with Gasteiger partial charge in [0.1, 0.15) is 10.6 Å². The van der Waals surface area contributed by atoms with E-state index in [2.05, 4.69) is 20.7 Å². The zero-order valence-corrected chi connectivity index (χ0v) is 11.6. The molecule has 0 atom stereocenters. The van der Waals surface area contributed by atoms with Crippen molar-refractivity contribution in [3.8, 4) is 5.75 Å². The SMILES string of the molecule is O=C(O)c1sc2c(Br)ccc(OC(F)F)c2c1Cl. The van der Waals surface area contributed by atoms with E-state index in [4.69, 9.17) is 16.7 Å². The van der Waals surface area contributed by atoms with Crippen LogP contribution in [0.25, 0.3) is 10.1 Å². The number of carboxylic acids is 1. The van der Waals surface area contributed by atoms with Crippen molar-refractivity contribution in [1.29, 1.82) is 0 Å². The number of carbonyl (C=O) groups is 1. The maximum atomic E-state index is 12.3. The van der Waals surface area contributed by atoms with Crippen LogP contribution < -0.4 is 4.74 Å². The van der Waals surface area contributed by atoms with Gasteiger partial charge in [-0.15, -0.1) is 11.3 Å². The maximum Gasteiger partial charge on any atom is 0.387 e. The first-order chi connectivity index (χ1) is 8.41. The minimum absolute atomic E-state index is 0.0977. The molecule has 18 heavy (non-hydrogen) atoms. The molecule has 0 saturated heterocycles. The van der Waals surface area contributed by atoms with Crippen LogP contribution in [0.5, 0.6) is 5.75 Å². The van der Waals surface area contributed by atoms with E-state index in [-0.39, 0.29) is 21.0 Å². The Morgan fingerprint density at radius 1 is 1.50 bits per heavy atom. The summed E-state index contributed by atoms with van der Waals surface area (Å²) >= 11 is 10.0. The van der Waals surface area contributed by atoms with Gasteiger partial charge in [0.2, 0.25) is 0 Å². The van der Waals surface area contributed by atoms with Crippen LogP contribution in [0.4, 0.5) is 8.78 Å². The number of hydrogen-bond acceptors (Lipinski definition) is 3. The third kappa shape index (κ3) is 2.30. The molecule has 2 aromatic rings. The van der Waals surface area contributed by atoms with Crippen LogP contribution in [-0.4, -0.2) is 17.7 Å². The van der Waals surface area contributed by atoms with Crippen molar-refractivity contribution < 1.29 is 23.4 Å². The Bertz CT molecular complexity index is 629. The average molecular weight is 358 g/mol. The zero-order chi connectivity index (χ0) is 13.4. The highest BCUT2D eigenvalue weighted by molar-refractivity contribution is 9.10. The lowest BCUT2D eigenvalue weighted by molar-refractivity contribution is -0.0487. The predicted octanol–water partition coefficient (Wildman–Crippen LogP) is 4.62. The van der Waals surface area contributed by atoms with Crippen molar-refractivity contribution in [2.45, 2.75) is 6.61 Å². The summed E-state index contributed by atoms with van der Waals surface area (Å²) in [5, 5.41) is 9.03. The first-order valence-corrected chi connectivity index (χ1v) is 6.49. The summed E-state index contributed by atoms with van der Waals surface area (Å²) in [6, 6.07) is 2.81. The molecule has 0 saturated carbocycles. The highest BCUT2D eigenvalue weighted by Gasteiger charge is 2.22. The summed E-state index contributed by atoms with van der Waals surface area (Å²) in [4.78, 5) is 10.8. The van der Waals surface area contributed by atoms with Crippen LogP contribution >= 0.6 is 38.9 Å². The molecule has 0 aliphatic rings. The summed E-state index contributed by atoms with van der Waals surface area (Å²) in [6.07, 6.45) is 0. The molecule has 0 amide bonds. The average Bonchev–Trinajstić information content (AvgIpc) is 2.61. The number of carboxylic acid groups (broad SMARTS) is 1. The minimum Gasteiger partial charge on any atom is -0.477 e. The largest absolute Gasteiger partial charge is 0.477 e. The van der Waals surface area contributed by atoms with Crippen LogP contribution in [-0.2, 0) is 0 Å². The van der Waals surface area contributed by atoms with Crippen LogP contribution in [0, 0.1) is 0 Å². The lowest BCUT2D eigenvalue weighted by Gasteiger charge is -2.06. The van der Waals surface area contributed by atoms with Gasteiger partial charge in [0.05, 0.1) is 15.1 Å². The van der Waals surface area contributed by atoms with Gasteiger partial charge in [-0.3, -0.25) is 0 Å². The van der Waals surface area contributed by atoms with Crippen LogP contribution in [0.1, 0.15) is 9.67 Å². The van der Waals surface area contributed by atoms with Gasteiger partial charge in [-0.25, -0.2) is 4.79 Å². The summed E-state index contributed by atoms with van der Waals surface area (Å²) in [5.41, 5.74) is 0. The summed E-state index contributed by atoms with van der Waals surface area (Å²) in [5.74, 6) is -1.35. The zero-order valence-electron chi connectivity index (χ0n) is 8.42. The molecule has 1 aromatic heterocycles. The molecule has 0 radical (unpaired) electrons. The quantitative estimate of drug-likeness (QED) is 0.872. The van der Waals surface area contributed by atoms with Gasteiger partial charge >= 0.3 is 12.6 Å². The van der Waals surface area contributed by atoms with E-state index in [0.717, 1.165) is 11.3 Å². The highest BCUT2D eigenvalue weighted by atomic mass is 79.9. The molecule has 0 aliphatic heterocycles. The highest BCUT2D eigenvalue weighted by Crippen LogP contribution is 2.44. The lowest BCUT2D eigenvalue weighted by Crippen LogP contribution is -2.02. The van der Waals surface area contributed by atoms with Gasteiger partial charge in [0.25, 0.3) is 0 Å². The fourth-order valence-electron chi connectivity index (χ4n) is 1.44. The molecule has 1 aromatic carbocycles. The number of aromatic carboxylic acids is 1. The minimum atomic E-state index is -3.00. The third-order valence-corrected chi connectivity index (χ3v) is 4.73. The molecule has 0 unspecified atom stereocenters. The molecule has 1 N–H and O–H groups in total. The van der Waals surface area contributed by atoms with Gasteiger partial charge in [-0.1, -0.05) is 11.6 Å². The first kappa shape index (κ1) is 13.5. The Hall–Kier alpha value is -0.920. The fourth-order valence-corrected chi connectivity index (χ4v) is 3.41. The number of halogens is 4. The van der Waals surface area contributed by atoms with Gasteiger partial charge in [0.15, 0.2) is 0 Å². The van der Waals surface area contributed by atoms with Crippen LogP contribution in [0.15, 0.2) is 16.6 Å². The molecule has 8 heteroatoms. The second-order valence-electron chi connectivity index (χ2n) is 3.18. The van der Waals surface area contributed by atoms with E-state index in [1.807, 2.05) is 0 Å². The number of ether oxygens (including phenoxy) is 1. The number of alkyl halides is 2. The second kappa shape index (κ2) is 4.99. The molecule has 0 spiro atoms. The van der Waals surface area contributed by atoms with E-state index < -0.39 is 12.6 Å². The van der Waals surface area contributed by atoms with Gasteiger partial charge in [-0.2, -0.15) is 8.78 Å². The maximum absolute atomic E-state index is 12.3. The molecule has 0 fully saturated rings. The lowest BCUT2D eigenvalue weighted by atomic mass is 10.2. The molecule has 2 rings (SSSR count). The van der Waals surface area contributed by atoms with Crippen molar-refractivity contribution in [2.75, 3.05) is 0 Å². The van der Waals surface area contributed by atoms with Crippen molar-refractivity contribution in [1.82, 2.24) is 0 Å². The normalized spacial score (nSPS) is 11.2. The standard InChI is InChI=1S/C10H4BrClF2O3S/c11-3-1-2-4(17-10(13)14)5-6(12)8(9(15)16)18-7(3)5/h1-2,10H,(H,15,16). The summed E-state index contributed by atoms with van der Waals surface area (Å²) in [6.45, 7) is -3.00. The van der Waals surface area contributed by atoms with Crippen molar-refractivity contribution in [3.05, 3.63) is 26.5 Å². The number of rotatable bonds is 3. The van der Waals surface area contributed by atoms with E-state index in [1.165, 1.54) is 12.1 Å². The Kier molecular flexibility index (Phi) is 3.74. The monoisotopic (exact) mass is 356 g/mol. The number of fused-ring (bicyclic) bond motifs is 1. The topological polar surface area (TPSA) is 46.5 Å². The Morgan fingerprint density at radius 3 is 2.72 bits per heavy atom. The van der Waals surface area contributed by atoms with Gasteiger partial charge < -0.3 is 9.84 Å². The molecular formula is C10H4BrClF2O3S. The Labute approximate surface area is 117 Å². The first-order valence-electron chi connectivity index (χ1n) is 4.50. The molecule has 0 aliphatic carbocycles. The van der Waals surface area contributed by atoms with Crippen LogP contribution in [0.2, 0.25) is 5.02 Å². The number of hydrogen-bond donors (Lipinski definition) is 1. The summed E-state index contributed by atoms with van der Waals surface area (Å²) < 4.78 is 29.9. The van der Waals surface area contributed by atoms with Crippen molar-refractivity contribution >= 4 is 54.9 Å². The molecule has 0 bridgehead atoms. The molecule has 3 nitrogen and oxygen atoms in total. The van der Waals surface area contributed by atoms with Gasteiger partial charge in [0, 0.05) is 4.47 Å². The Morgan fingerprint density at radius 2 is 2.17 bits per heavy atom. The van der Waals surface area contributed by atoms with Gasteiger partial charge in [-0.05, 0) is 28.1 Å². The number of thiophene rings is 1. The fraction of sp³-hybridized carbons (Fsp3) is 0.100. The summed E-state index contributed by atoms with van der Waals surface area (Å²) in [7, 11) is 0. The molecular weight excluding hydrogens is 354 g/mol. The Balaban J connectivity index is 2.75. The molecule has 1 heterocycles. The van der Waals surface area contributed by atoms with E-state index in [1.54, 1.807) is 0 Å². The second-order valence-corrected chi connectivity index (χ2v) is 5.43. The van der Waals surface area contributed by atoms with E-state index in [0.29, 0.717) is 9.17 Å². The molecule has 96 valence electrons.